The maximum Gasteiger partial charge on any atom is 0.189 e. The van der Waals surface area contributed by atoms with Crippen LogP contribution in [0.3, 0.4) is 0 Å². The summed E-state index contributed by atoms with van der Waals surface area (Å²) in [4.78, 5) is 10.7. The molecule has 0 aromatic heterocycles. The minimum Gasteiger partial charge on any atom is -0.389 e. The molecular weight excluding hydrogens is 160 g/mol. The summed E-state index contributed by atoms with van der Waals surface area (Å²) in [6.07, 6.45) is -2.63. The van der Waals surface area contributed by atoms with Crippen molar-refractivity contribution in [3.05, 3.63) is 0 Å². The van der Waals surface area contributed by atoms with Gasteiger partial charge in [-0.1, -0.05) is 20.8 Å². The Hall–Kier alpha value is -0.450. The average Bonchev–Trinajstić information content (AvgIpc) is 1.98. The smallest absolute Gasteiger partial charge is 0.189 e. The minimum absolute atomic E-state index is 0.565. The molecule has 0 aromatic carbocycles. The molecule has 12 heavy (non-hydrogen) atoms. The molecule has 0 radical (unpaired) electrons. The minimum atomic E-state index is -1.49. The molecule has 0 saturated carbocycles. The van der Waals surface area contributed by atoms with Crippen LogP contribution in [0, 0.1) is 5.41 Å². The van der Waals surface area contributed by atoms with Gasteiger partial charge in [0.25, 0.3) is 0 Å². The van der Waals surface area contributed by atoms with Gasteiger partial charge in [0.05, 0.1) is 6.10 Å². The highest BCUT2D eigenvalue weighted by Crippen LogP contribution is 2.21. The lowest BCUT2D eigenvalue weighted by molar-refractivity contribution is -0.140. The first-order chi connectivity index (χ1) is 5.30. The molecule has 0 amide bonds. The molecule has 0 bridgehead atoms. The number of hydrogen-bond acceptors (Lipinski definition) is 4. The van der Waals surface area contributed by atoms with Gasteiger partial charge < -0.3 is 15.3 Å². The Morgan fingerprint density at radius 3 is 2.00 bits per heavy atom. The number of ketones is 1. The number of carbonyl (C=O) groups excluding carboxylic acids is 1. The van der Waals surface area contributed by atoms with Crippen molar-refractivity contribution < 1.29 is 20.1 Å². The van der Waals surface area contributed by atoms with Gasteiger partial charge >= 0.3 is 0 Å². The Labute approximate surface area is 71.8 Å². The zero-order valence-corrected chi connectivity index (χ0v) is 7.61. The SMILES string of the molecule is CC(C)(C)[C@H](O)[C@@H](O)C(=O)CO. The van der Waals surface area contributed by atoms with Crippen LogP contribution in [0.2, 0.25) is 0 Å². The van der Waals surface area contributed by atoms with E-state index in [1.54, 1.807) is 20.8 Å². The fourth-order valence-corrected chi connectivity index (χ4v) is 0.743. The zero-order chi connectivity index (χ0) is 9.94. The predicted molar refractivity (Wildman–Crippen MR) is 43.6 cm³/mol. The standard InChI is InChI=1S/C8H16O4/c1-8(2,3)7(12)6(11)5(10)4-9/h6-7,9,11-12H,4H2,1-3H3/t6-,7+/m0/s1. The van der Waals surface area contributed by atoms with Crippen LogP contribution in [0.15, 0.2) is 0 Å². The zero-order valence-electron chi connectivity index (χ0n) is 7.61. The summed E-state index contributed by atoms with van der Waals surface area (Å²) in [6.45, 7) is 4.36. The lowest BCUT2D eigenvalue weighted by atomic mass is 9.85. The number of Topliss-reactive ketones (excluding diaryl/α,β-unsaturated/α-hetero) is 1. The van der Waals surface area contributed by atoms with Crippen molar-refractivity contribution in [3.63, 3.8) is 0 Å². The number of hydrogen-bond donors (Lipinski definition) is 3. The summed E-state index contributed by atoms with van der Waals surface area (Å²) in [5, 5.41) is 26.9. The lowest BCUT2D eigenvalue weighted by Gasteiger charge is -2.28. The van der Waals surface area contributed by atoms with E-state index in [2.05, 4.69) is 0 Å². The van der Waals surface area contributed by atoms with Gasteiger partial charge in [-0.05, 0) is 5.41 Å². The van der Waals surface area contributed by atoms with Crippen molar-refractivity contribution >= 4 is 5.78 Å². The fraction of sp³-hybridized carbons (Fsp3) is 0.875. The van der Waals surface area contributed by atoms with E-state index in [0.717, 1.165) is 0 Å². The van der Waals surface area contributed by atoms with Gasteiger partial charge in [-0.2, -0.15) is 0 Å². The molecule has 0 aromatic rings. The molecule has 72 valence electrons. The molecule has 0 rings (SSSR count). The van der Waals surface area contributed by atoms with Gasteiger partial charge in [0.1, 0.15) is 12.7 Å². The molecule has 0 saturated heterocycles. The van der Waals surface area contributed by atoms with Crippen LogP contribution in [-0.4, -0.2) is 39.9 Å². The van der Waals surface area contributed by atoms with Crippen molar-refractivity contribution in [2.75, 3.05) is 6.61 Å². The van der Waals surface area contributed by atoms with Gasteiger partial charge in [-0.3, -0.25) is 4.79 Å². The van der Waals surface area contributed by atoms with Crippen molar-refractivity contribution in [1.82, 2.24) is 0 Å². The van der Waals surface area contributed by atoms with Crippen LogP contribution in [-0.2, 0) is 4.79 Å². The Kier molecular flexibility index (Phi) is 3.83. The molecule has 2 atom stereocenters. The van der Waals surface area contributed by atoms with Crippen molar-refractivity contribution in [2.24, 2.45) is 5.41 Å². The number of carbonyl (C=O) groups is 1. The van der Waals surface area contributed by atoms with Crippen LogP contribution >= 0.6 is 0 Å². The maximum atomic E-state index is 10.7. The first kappa shape index (κ1) is 11.6. The van der Waals surface area contributed by atoms with Crippen LogP contribution in [0.1, 0.15) is 20.8 Å². The third kappa shape index (κ3) is 2.89. The van der Waals surface area contributed by atoms with E-state index in [-0.39, 0.29) is 0 Å². The second-order valence-corrected chi connectivity index (χ2v) is 3.88. The fourth-order valence-electron chi connectivity index (χ4n) is 0.743. The van der Waals surface area contributed by atoms with Crippen LogP contribution in [0.25, 0.3) is 0 Å². The van der Waals surface area contributed by atoms with E-state index in [1.807, 2.05) is 0 Å². The Morgan fingerprint density at radius 2 is 1.75 bits per heavy atom. The first-order valence-corrected chi connectivity index (χ1v) is 3.80. The normalized spacial score (nSPS) is 17.2. The molecule has 0 spiro atoms. The number of aliphatic hydroxyl groups is 3. The lowest BCUT2D eigenvalue weighted by Crippen LogP contribution is -2.43. The summed E-state index contributed by atoms with van der Waals surface area (Å²) in [5.74, 6) is -0.752. The summed E-state index contributed by atoms with van der Waals surface area (Å²) in [5.41, 5.74) is -0.565. The second-order valence-electron chi connectivity index (χ2n) is 3.88. The maximum absolute atomic E-state index is 10.7. The third-order valence-electron chi connectivity index (χ3n) is 1.67. The van der Waals surface area contributed by atoms with E-state index in [1.165, 1.54) is 0 Å². The van der Waals surface area contributed by atoms with E-state index in [4.69, 9.17) is 10.2 Å². The molecule has 4 heteroatoms. The van der Waals surface area contributed by atoms with Crippen LogP contribution in [0.5, 0.6) is 0 Å². The Balaban J connectivity index is 4.29. The molecule has 3 N–H and O–H groups in total. The molecule has 0 heterocycles. The van der Waals surface area contributed by atoms with Gasteiger partial charge in [0, 0.05) is 0 Å². The third-order valence-corrected chi connectivity index (χ3v) is 1.67. The first-order valence-electron chi connectivity index (χ1n) is 3.80. The van der Waals surface area contributed by atoms with Crippen LogP contribution in [0.4, 0.5) is 0 Å². The molecule has 0 aliphatic carbocycles. The van der Waals surface area contributed by atoms with E-state index >= 15 is 0 Å². The second kappa shape index (κ2) is 3.98. The Morgan fingerprint density at radius 1 is 1.33 bits per heavy atom. The monoisotopic (exact) mass is 176 g/mol. The number of aliphatic hydroxyl groups excluding tert-OH is 3. The molecular formula is C8H16O4. The van der Waals surface area contributed by atoms with Crippen molar-refractivity contribution in [1.29, 1.82) is 0 Å². The highest BCUT2D eigenvalue weighted by Gasteiger charge is 2.32. The van der Waals surface area contributed by atoms with Gasteiger partial charge in [-0.15, -0.1) is 0 Å². The molecule has 0 aliphatic heterocycles. The van der Waals surface area contributed by atoms with Gasteiger partial charge in [-0.25, -0.2) is 0 Å². The summed E-state index contributed by atoms with van der Waals surface area (Å²) >= 11 is 0. The Bertz CT molecular complexity index is 159. The van der Waals surface area contributed by atoms with E-state index < -0.39 is 30.0 Å². The largest absolute Gasteiger partial charge is 0.389 e. The summed E-state index contributed by atoms with van der Waals surface area (Å²) < 4.78 is 0. The molecule has 4 nitrogen and oxygen atoms in total. The van der Waals surface area contributed by atoms with Crippen LogP contribution < -0.4 is 0 Å². The van der Waals surface area contributed by atoms with Gasteiger partial charge in [0.2, 0.25) is 0 Å². The van der Waals surface area contributed by atoms with E-state index in [0.29, 0.717) is 0 Å². The summed E-state index contributed by atoms with van der Waals surface area (Å²) in [7, 11) is 0. The van der Waals surface area contributed by atoms with Crippen molar-refractivity contribution in [2.45, 2.75) is 33.0 Å². The van der Waals surface area contributed by atoms with Gasteiger partial charge in [0.15, 0.2) is 5.78 Å². The number of rotatable bonds is 3. The average molecular weight is 176 g/mol. The quantitative estimate of drug-likeness (QED) is 0.532. The topological polar surface area (TPSA) is 77.8 Å². The van der Waals surface area contributed by atoms with Crippen molar-refractivity contribution in [3.8, 4) is 0 Å². The highest BCUT2D eigenvalue weighted by atomic mass is 16.3. The van der Waals surface area contributed by atoms with E-state index in [9.17, 15) is 9.90 Å². The predicted octanol–water partition coefficient (Wildman–Crippen LogP) is -0.684. The summed E-state index contributed by atoms with van der Waals surface area (Å²) in [6, 6.07) is 0. The molecule has 0 unspecified atom stereocenters. The molecule has 0 fully saturated rings. The molecule has 0 aliphatic rings. The highest BCUT2D eigenvalue weighted by molar-refractivity contribution is 5.84.